The largest absolute Gasteiger partial charge is 0.0533 e. The Kier molecular flexibility index (Phi) is 8.24. The molecule has 0 radical (unpaired) electrons. The van der Waals surface area contributed by atoms with Crippen molar-refractivity contribution in [2.75, 3.05) is 0 Å². The second-order valence-electron chi connectivity index (χ2n) is 11.7. The van der Waals surface area contributed by atoms with Crippen molar-refractivity contribution in [2.45, 2.75) is 148 Å². The van der Waals surface area contributed by atoms with Gasteiger partial charge in [-0.05, 0) is 67.6 Å². The van der Waals surface area contributed by atoms with Crippen molar-refractivity contribution < 1.29 is 0 Å². The van der Waals surface area contributed by atoms with Gasteiger partial charge < -0.3 is 0 Å². The van der Waals surface area contributed by atoms with E-state index >= 15 is 0 Å². The van der Waals surface area contributed by atoms with Crippen LogP contribution in [0, 0.1) is 29.1 Å². The van der Waals surface area contributed by atoms with Crippen molar-refractivity contribution in [3.8, 4) is 0 Å². The van der Waals surface area contributed by atoms with E-state index in [-0.39, 0.29) is 0 Å². The molecule has 162 valence electrons. The summed E-state index contributed by atoms with van der Waals surface area (Å²) in [6.07, 6.45) is 36.0. The standard InChI is InChI=1S/C28H50/c1-3-8-14-25-15-11-17-26(23-25)27(18-9-5-1)28-20-10-6-2-4-7-13-24(19-22-28)16-12-21-28/h24-27H,1-23H2. The van der Waals surface area contributed by atoms with Crippen LogP contribution in [-0.2, 0) is 0 Å². The Bertz CT molecular complexity index is 439. The average Bonchev–Trinajstić information content (AvgIpc) is 2.94. The van der Waals surface area contributed by atoms with Gasteiger partial charge in [-0.15, -0.1) is 0 Å². The molecule has 4 saturated carbocycles. The molecular formula is C28H50. The Morgan fingerprint density at radius 3 is 1.86 bits per heavy atom. The highest BCUT2D eigenvalue weighted by Gasteiger charge is 2.44. The van der Waals surface area contributed by atoms with E-state index in [9.17, 15) is 0 Å². The predicted molar refractivity (Wildman–Crippen MR) is 123 cm³/mol. The topological polar surface area (TPSA) is 0 Å². The highest BCUT2D eigenvalue weighted by molar-refractivity contribution is 4.94. The molecule has 4 fully saturated rings. The van der Waals surface area contributed by atoms with Gasteiger partial charge in [-0.1, -0.05) is 109 Å². The van der Waals surface area contributed by atoms with E-state index in [0.29, 0.717) is 0 Å². The molecule has 5 unspecified atom stereocenters. The van der Waals surface area contributed by atoms with Gasteiger partial charge in [0.05, 0.1) is 0 Å². The Balaban J connectivity index is 1.56. The first-order chi connectivity index (χ1) is 13.9. The van der Waals surface area contributed by atoms with Gasteiger partial charge in [-0.2, -0.15) is 0 Å². The molecule has 0 aromatic carbocycles. The summed E-state index contributed by atoms with van der Waals surface area (Å²) >= 11 is 0. The van der Waals surface area contributed by atoms with Gasteiger partial charge >= 0.3 is 0 Å². The van der Waals surface area contributed by atoms with Gasteiger partial charge in [0.1, 0.15) is 0 Å². The molecule has 0 aromatic heterocycles. The maximum absolute atomic E-state index is 1.62. The summed E-state index contributed by atoms with van der Waals surface area (Å²) in [6.45, 7) is 0. The van der Waals surface area contributed by atoms with Crippen LogP contribution in [0.25, 0.3) is 0 Å². The molecule has 0 aliphatic heterocycles. The number of fused-ring (bicyclic) bond motifs is 5. The van der Waals surface area contributed by atoms with Crippen LogP contribution in [0.4, 0.5) is 0 Å². The van der Waals surface area contributed by atoms with E-state index in [2.05, 4.69) is 0 Å². The lowest BCUT2D eigenvalue weighted by Crippen LogP contribution is -2.38. The summed E-state index contributed by atoms with van der Waals surface area (Å²) in [5, 5.41) is 0. The van der Waals surface area contributed by atoms with Crippen molar-refractivity contribution in [2.24, 2.45) is 29.1 Å². The fourth-order valence-electron chi connectivity index (χ4n) is 8.37. The molecule has 28 heavy (non-hydrogen) atoms. The van der Waals surface area contributed by atoms with E-state index in [0.717, 1.165) is 29.1 Å². The summed E-state index contributed by atoms with van der Waals surface area (Å²) in [7, 11) is 0. The molecule has 0 aromatic rings. The quantitative estimate of drug-likeness (QED) is 0.421. The molecule has 0 amide bonds. The molecule has 0 spiro atoms. The molecule has 0 heterocycles. The molecule has 4 aliphatic rings. The molecular weight excluding hydrogens is 336 g/mol. The fourth-order valence-corrected chi connectivity index (χ4v) is 8.37. The molecule has 4 bridgehead atoms. The van der Waals surface area contributed by atoms with Crippen molar-refractivity contribution in [1.29, 1.82) is 0 Å². The van der Waals surface area contributed by atoms with Crippen LogP contribution >= 0.6 is 0 Å². The third-order valence-electron chi connectivity index (χ3n) is 9.93. The Labute approximate surface area is 177 Å². The average molecular weight is 387 g/mol. The van der Waals surface area contributed by atoms with Crippen molar-refractivity contribution in [3.63, 3.8) is 0 Å². The summed E-state index contributed by atoms with van der Waals surface area (Å²) in [5.41, 5.74) is 0.750. The Hall–Kier alpha value is 0. The van der Waals surface area contributed by atoms with E-state index < -0.39 is 0 Å². The zero-order valence-electron chi connectivity index (χ0n) is 19.1. The molecule has 5 atom stereocenters. The van der Waals surface area contributed by atoms with Gasteiger partial charge in [0, 0.05) is 0 Å². The van der Waals surface area contributed by atoms with Crippen LogP contribution in [0.5, 0.6) is 0 Å². The van der Waals surface area contributed by atoms with Crippen molar-refractivity contribution in [3.05, 3.63) is 0 Å². The molecule has 0 saturated heterocycles. The summed E-state index contributed by atoms with van der Waals surface area (Å²) < 4.78 is 0. The fraction of sp³-hybridized carbons (Fsp3) is 1.00. The number of hydrogen-bond donors (Lipinski definition) is 0. The van der Waals surface area contributed by atoms with E-state index in [1.807, 2.05) is 0 Å². The monoisotopic (exact) mass is 386 g/mol. The summed E-state index contributed by atoms with van der Waals surface area (Å²) in [6, 6.07) is 0. The van der Waals surface area contributed by atoms with E-state index in [4.69, 9.17) is 0 Å². The number of hydrogen-bond acceptors (Lipinski definition) is 0. The SMILES string of the molecule is C1CCCC2CCCC(C2)C(C23CCCCCCCC(CCC2)CC3)CCC1. The lowest BCUT2D eigenvalue weighted by atomic mass is 9.58. The first kappa shape index (κ1) is 21.2. The summed E-state index contributed by atoms with van der Waals surface area (Å²) in [4.78, 5) is 0. The van der Waals surface area contributed by atoms with Gasteiger partial charge in [0.25, 0.3) is 0 Å². The van der Waals surface area contributed by atoms with Gasteiger partial charge in [0.15, 0.2) is 0 Å². The number of rotatable bonds is 1. The van der Waals surface area contributed by atoms with Crippen LogP contribution in [0.1, 0.15) is 148 Å². The first-order valence-corrected chi connectivity index (χ1v) is 13.9. The lowest BCUT2D eigenvalue weighted by molar-refractivity contribution is 0.0276. The zero-order chi connectivity index (χ0) is 19.1. The maximum atomic E-state index is 1.62. The van der Waals surface area contributed by atoms with Gasteiger partial charge in [-0.3, -0.25) is 0 Å². The smallest absolute Gasteiger partial charge is 0.0266 e. The van der Waals surface area contributed by atoms with Gasteiger partial charge in [0.2, 0.25) is 0 Å². The zero-order valence-corrected chi connectivity index (χ0v) is 19.1. The van der Waals surface area contributed by atoms with Crippen LogP contribution in [0.3, 0.4) is 0 Å². The third-order valence-corrected chi connectivity index (χ3v) is 9.93. The lowest BCUT2D eigenvalue weighted by Gasteiger charge is -2.47. The van der Waals surface area contributed by atoms with Crippen LogP contribution in [-0.4, -0.2) is 0 Å². The Morgan fingerprint density at radius 2 is 1.00 bits per heavy atom. The second-order valence-corrected chi connectivity index (χ2v) is 11.7. The maximum Gasteiger partial charge on any atom is -0.0266 e. The minimum Gasteiger partial charge on any atom is -0.0533 e. The molecule has 4 rings (SSSR count). The predicted octanol–water partition coefficient (Wildman–Crippen LogP) is 9.46. The first-order valence-electron chi connectivity index (χ1n) is 13.9. The molecule has 0 heteroatoms. The highest BCUT2D eigenvalue weighted by atomic mass is 14.5. The van der Waals surface area contributed by atoms with Crippen molar-refractivity contribution >= 4 is 0 Å². The van der Waals surface area contributed by atoms with Crippen molar-refractivity contribution in [1.82, 2.24) is 0 Å². The molecule has 0 N–H and O–H groups in total. The minimum atomic E-state index is 0.750. The normalized spacial score (nSPS) is 42.0. The highest BCUT2D eigenvalue weighted by Crippen LogP contribution is 2.55. The second kappa shape index (κ2) is 10.9. The van der Waals surface area contributed by atoms with Crippen LogP contribution in [0.2, 0.25) is 0 Å². The summed E-state index contributed by atoms with van der Waals surface area (Å²) in [5.74, 6) is 4.37. The van der Waals surface area contributed by atoms with E-state index in [1.54, 1.807) is 96.3 Å². The van der Waals surface area contributed by atoms with Gasteiger partial charge in [-0.25, -0.2) is 0 Å². The van der Waals surface area contributed by atoms with Crippen LogP contribution < -0.4 is 0 Å². The third kappa shape index (κ3) is 5.57. The molecule has 0 nitrogen and oxygen atoms in total. The molecule has 4 aliphatic carbocycles. The van der Waals surface area contributed by atoms with Crippen LogP contribution in [0.15, 0.2) is 0 Å². The Morgan fingerprint density at radius 1 is 0.393 bits per heavy atom. The van der Waals surface area contributed by atoms with E-state index in [1.165, 1.54) is 51.4 Å². The minimum absolute atomic E-state index is 0.750.